The van der Waals surface area contributed by atoms with Gasteiger partial charge in [0, 0.05) is 24.9 Å². The Balaban J connectivity index is 2.38. The number of nitrogens with zero attached hydrogens (tertiary/aromatic N) is 1. The van der Waals surface area contributed by atoms with Crippen molar-refractivity contribution >= 4 is 17.6 Å². The van der Waals surface area contributed by atoms with Crippen molar-refractivity contribution in [1.29, 1.82) is 5.26 Å². The zero-order valence-electron chi connectivity index (χ0n) is 12.5. The molecule has 0 spiro atoms. The smallest absolute Gasteiger partial charge is 0.303 e. The fraction of sp³-hybridized carbons (Fsp3) is 0.312. The second kappa shape index (κ2) is 9.95. The van der Waals surface area contributed by atoms with E-state index in [0.29, 0.717) is 31.5 Å². The lowest BCUT2D eigenvalue weighted by atomic mass is 10.2. The average Bonchev–Trinajstić information content (AvgIpc) is 2.51. The molecule has 0 aliphatic rings. The summed E-state index contributed by atoms with van der Waals surface area (Å²) in [5.41, 5.74) is 0.305. The highest BCUT2D eigenvalue weighted by molar-refractivity contribution is 5.97. The quantitative estimate of drug-likeness (QED) is 0.368. The molecule has 7 heteroatoms. The monoisotopic (exact) mass is 319 g/mol. The van der Waals surface area contributed by atoms with E-state index in [1.807, 2.05) is 0 Å². The van der Waals surface area contributed by atoms with E-state index in [-0.39, 0.29) is 12.0 Å². The van der Waals surface area contributed by atoms with Crippen LogP contribution in [-0.4, -0.2) is 23.5 Å². The van der Waals surface area contributed by atoms with Crippen molar-refractivity contribution < 1.29 is 19.1 Å². The first kappa shape index (κ1) is 18.2. The SMILES string of the molecule is N#C/C(=C/Nc1cccc(F)c1)C(=O)NCCCCCC(=O)O. The number of carbonyl (C=O) groups is 2. The summed E-state index contributed by atoms with van der Waals surface area (Å²) in [7, 11) is 0. The molecule has 23 heavy (non-hydrogen) atoms. The van der Waals surface area contributed by atoms with Gasteiger partial charge in [-0.2, -0.15) is 5.26 Å². The van der Waals surface area contributed by atoms with Crippen LogP contribution in [0.25, 0.3) is 0 Å². The Morgan fingerprint density at radius 2 is 2.09 bits per heavy atom. The van der Waals surface area contributed by atoms with E-state index in [1.165, 1.54) is 24.4 Å². The van der Waals surface area contributed by atoms with Gasteiger partial charge in [-0.3, -0.25) is 9.59 Å². The van der Waals surface area contributed by atoms with Gasteiger partial charge in [-0.25, -0.2) is 4.39 Å². The summed E-state index contributed by atoms with van der Waals surface area (Å²) in [5.74, 6) is -1.80. The van der Waals surface area contributed by atoms with E-state index in [9.17, 15) is 14.0 Å². The van der Waals surface area contributed by atoms with E-state index in [1.54, 1.807) is 12.1 Å². The van der Waals surface area contributed by atoms with Crippen LogP contribution in [0.4, 0.5) is 10.1 Å². The molecular weight excluding hydrogens is 301 g/mol. The van der Waals surface area contributed by atoms with Gasteiger partial charge in [-0.15, -0.1) is 0 Å². The highest BCUT2D eigenvalue weighted by atomic mass is 19.1. The van der Waals surface area contributed by atoms with E-state index in [2.05, 4.69) is 10.6 Å². The molecule has 1 aromatic carbocycles. The molecule has 6 nitrogen and oxygen atoms in total. The fourth-order valence-corrected chi connectivity index (χ4v) is 1.76. The molecule has 1 rings (SSSR count). The van der Waals surface area contributed by atoms with Crippen molar-refractivity contribution in [3.05, 3.63) is 41.9 Å². The number of nitrogens with one attached hydrogen (secondary N) is 2. The Labute approximate surface area is 133 Å². The fourth-order valence-electron chi connectivity index (χ4n) is 1.76. The molecule has 0 radical (unpaired) electrons. The average molecular weight is 319 g/mol. The van der Waals surface area contributed by atoms with Crippen LogP contribution in [0.5, 0.6) is 0 Å². The van der Waals surface area contributed by atoms with Crippen LogP contribution in [0.3, 0.4) is 0 Å². The summed E-state index contributed by atoms with van der Waals surface area (Å²) in [6, 6.07) is 7.41. The number of aliphatic carboxylic acids is 1. The number of halogens is 1. The minimum atomic E-state index is -0.841. The Bertz CT molecular complexity index is 623. The van der Waals surface area contributed by atoms with Gasteiger partial charge in [0.1, 0.15) is 17.5 Å². The predicted octanol–water partition coefficient (Wildman–Crippen LogP) is 2.41. The van der Waals surface area contributed by atoms with Gasteiger partial charge in [0.05, 0.1) is 0 Å². The Morgan fingerprint density at radius 1 is 1.30 bits per heavy atom. The number of unbranched alkanes of at least 4 members (excludes halogenated alkanes) is 2. The van der Waals surface area contributed by atoms with E-state index in [4.69, 9.17) is 10.4 Å². The molecular formula is C16H18FN3O3. The van der Waals surface area contributed by atoms with Crippen molar-refractivity contribution in [1.82, 2.24) is 5.32 Å². The van der Waals surface area contributed by atoms with Crippen LogP contribution in [0.15, 0.2) is 36.0 Å². The molecule has 122 valence electrons. The zero-order chi connectivity index (χ0) is 17.1. The second-order valence-electron chi connectivity index (χ2n) is 4.78. The number of carboxylic acid groups (broad SMARTS) is 1. The molecule has 0 atom stereocenters. The maximum Gasteiger partial charge on any atom is 0.303 e. The summed E-state index contributed by atoms with van der Waals surface area (Å²) < 4.78 is 13.0. The molecule has 1 aromatic rings. The third kappa shape index (κ3) is 7.62. The van der Waals surface area contributed by atoms with Crippen LogP contribution in [0.2, 0.25) is 0 Å². The highest BCUT2D eigenvalue weighted by Crippen LogP contribution is 2.09. The van der Waals surface area contributed by atoms with Crippen molar-refractivity contribution in [2.24, 2.45) is 0 Å². The van der Waals surface area contributed by atoms with Gasteiger partial charge in [-0.05, 0) is 31.0 Å². The number of amides is 1. The van der Waals surface area contributed by atoms with Gasteiger partial charge in [0.15, 0.2) is 0 Å². The van der Waals surface area contributed by atoms with Crippen molar-refractivity contribution in [3.63, 3.8) is 0 Å². The van der Waals surface area contributed by atoms with E-state index < -0.39 is 17.7 Å². The second-order valence-corrected chi connectivity index (χ2v) is 4.78. The molecule has 1 amide bonds. The molecule has 3 N–H and O–H groups in total. The van der Waals surface area contributed by atoms with Crippen LogP contribution in [0, 0.1) is 17.1 Å². The number of anilines is 1. The lowest BCUT2D eigenvalue weighted by Gasteiger charge is -2.05. The number of carboxylic acids is 1. The number of benzene rings is 1. The Morgan fingerprint density at radius 3 is 2.74 bits per heavy atom. The first-order valence-electron chi connectivity index (χ1n) is 7.15. The van der Waals surface area contributed by atoms with Crippen LogP contribution in [-0.2, 0) is 9.59 Å². The third-order valence-corrected chi connectivity index (χ3v) is 2.93. The van der Waals surface area contributed by atoms with E-state index in [0.717, 1.165) is 0 Å². The lowest BCUT2D eigenvalue weighted by Crippen LogP contribution is -2.26. The van der Waals surface area contributed by atoms with Crippen molar-refractivity contribution in [2.75, 3.05) is 11.9 Å². The van der Waals surface area contributed by atoms with Gasteiger partial charge in [0.2, 0.25) is 0 Å². The molecule has 0 aliphatic carbocycles. The zero-order valence-corrected chi connectivity index (χ0v) is 12.5. The molecule has 0 saturated carbocycles. The minimum absolute atomic E-state index is 0.106. The number of carbonyl (C=O) groups excluding carboxylic acids is 1. The lowest BCUT2D eigenvalue weighted by molar-refractivity contribution is -0.137. The predicted molar refractivity (Wildman–Crippen MR) is 82.8 cm³/mol. The van der Waals surface area contributed by atoms with Crippen LogP contribution in [0.1, 0.15) is 25.7 Å². The first-order chi connectivity index (χ1) is 11.0. The maximum absolute atomic E-state index is 13.0. The van der Waals surface area contributed by atoms with Gasteiger partial charge >= 0.3 is 5.97 Å². The largest absolute Gasteiger partial charge is 0.481 e. The van der Waals surface area contributed by atoms with Crippen molar-refractivity contribution in [3.8, 4) is 6.07 Å². The number of hydrogen-bond donors (Lipinski definition) is 3. The summed E-state index contributed by atoms with van der Waals surface area (Å²) in [4.78, 5) is 22.1. The highest BCUT2D eigenvalue weighted by Gasteiger charge is 2.08. The molecule has 0 aliphatic heterocycles. The topological polar surface area (TPSA) is 102 Å². The summed E-state index contributed by atoms with van der Waals surface area (Å²) in [6.45, 7) is 0.359. The van der Waals surface area contributed by atoms with Gasteiger partial charge < -0.3 is 15.7 Å². The van der Waals surface area contributed by atoms with E-state index >= 15 is 0 Å². The molecule has 0 unspecified atom stereocenters. The number of rotatable bonds is 9. The molecule has 0 saturated heterocycles. The molecule has 0 aromatic heterocycles. The van der Waals surface area contributed by atoms with Crippen molar-refractivity contribution in [2.45, 2.75) is 25.7 Å². The normalized spacial score (nSPS) is 10.7. The van der Waals surface area contributed by atoms with Gasteiger partial charge in [-0.1, -0.05) is 12.5 Å². The molecule has 0 bridgehead atoms. The number of hydrogen-bond acceptors (Lipinski definition) is 4. The summed E-state index contributed by atoms with van der Waals surface area (Å²) in [6.07, 6.45) is 3.19. The van der Waals surface area contributed by atoms with Crippen LogP contribution >= 0.6 is 0 Å². The minimum Gasteiger partial charge on any atom is -0.481 e. The Kier molecular flexibility index (Phi) is 7.86. The number of nitriles is 1. The molecule has 0 heterocycles. The Hall–Kier alpha value is -2.88. The summed E-state index contributed by atoms with van der Waals surface area (Å²) >= 11 is 0. The standard InChI is InChI=1S/C16H18FN3O3/c17-13-5-4-6-14(9-13)20-11-12(10-18)16(23)19-8-3-1-2-7-15(21)22/h4-6,9,11,20H,1-3,7-8H2,(H,19,23)(H,21,22)/b12-11-. The summed E-state index contributed by atoms with van der Waals surface area (Å²) in [5, 5.41) is 22.7. The van der Waals surface area contributed by atoms with Gasteiger partial charge in [0.25, 0.3) is 5.91 Å². The first-order valence-corrected chi connectivity index (χ1v) is 7.15. The molecule has 0 fully saturated rings. The third-order valence-electron chi connectivity index (χ3n) is 2.93. The van der Waals surface area contributed by atoms with Crippen LogP contribution < -0.4 is 10.6 Å². The maximum atomic E-state index is 13.0.